The number of H-pyrrole nitrogens is 1. The summed E-state index contributed by atoms with van der Waals surface area (Å²) in [5.41, 5.74) is 3.02. The predicted molar refractivity (Wildman–Crippen MR) is 117 cm³/mol. The molecule has 0 spiro atoms. The monoisotopic (exact) mass is 426 g/mol. The van der Waals surface area contributed by atoms with Gasteiger partial charge in [-0.15, -0.1) is 0 Å². The van der Waals surface area contributed by atoms with E-state index < -0.39 is 11.2 Å². The van der Waals surface area contributed by atoms with Crippen molar-refractivity contribution in [2.75, 3.05) is 0 Å². The molecule has 6 nitrogen and oxygen atoms in total. The molecule has 4 rings (SSSR count). The zero-order valence-corrected chi connectivity index (χ0v) is 17.5. The van der Waals surface area contributed by atoms with Crippen molar-refractivity contribution in [2.24, 2.45) is 7.05 Å². The molecular weight excluding hydrogens is 408 g/mol. The zero-order valence-electron chi connectivity index (χ0n) is 16.0. The fourth-order valence-corrected chi connectivity index (χ4v) is 4.39. The summed E-state index contributed by atoms with van der Waals surface area (Å²) in [6.07, 6.45) is 0. The second kappa shape index (κ2) is 7.93. The van der Waals surface area contributed by atoms with Gasteiger partial charge in [0, 0.05) is 17.8 Å². The highest BCUT2D eigenvalue weighted by Gasteiger charge is 2.18. The molecule has 2 aromatic heterocycles. The van der Waals surface area contributed by atoms with E-state index in [1.807, 2.05) is 60.0 Å². The van der Waals surface area contributed by atoms with E-state index in [4.69, 9.17) is 11.6 Å². The van der Waals surface area contributed by atoms with E-state index in [1.54, 1.807) is 7.05 Å². The van der Waals surface area contributed by atoms with Gasteiger partial charge >= 0.3 is 5.69 Å². The maximum absolute atomic E-state index is 12.6. The van der Waals surface area contributed by atoms with Gasteiger partial charge in [0.1, 0.15) is 0 Å². The maximum atomic E-state index is 12.6. The smallest absolute Gasteiger partial charge is 0.309 e. The Balaban J connectivity index is 1.81. The van der Waals surface area contributed by atoms with Gasteiger partial charge in [-0.1, -0.05) is 71.4 Å². The molecule has 0 aliphatic heterocycles. The van der Waals surface area contributed by atoms with Crippen LogP contribution in [0.15, 0.2) is 63.3 Å². The predicted octanol–water partition coefficient (Wildman–Crippen LogP) is 3.73. The van der Waals surface area contributed by atoms with Gasteiger partial charge in [-0.2, -0.15) is 0 Å². The molecule has 0 bridgehead atoms. The normalized spacial score (nSPS) is 11.3. The number of hydrogen-bond donors (Lipinski definition) is 1. The Morgan fingerprint density at radius 2 is 1.83 bits per heavy atom. The van der Waals surface area contributed by atoms with E-state index in [0.29, 0.717) is 33.6 Å². The van der Waals surface area contributed by atoms with Crippen molar-refractivity contribution in [1.29, 1.82) is 0 Å². The van der Waals surface area contributed by atoms with Crippen molar-refractivity contribution in [1.82, 2.24) is 19.1 Å². The fourth-order valence-electron chi connectivity index (χ4n) is 3.11. The SMILES string of the molecule is Cc1ccc(Cn2c(SCc3ccccc3Cl)nc3c2c(=O)[nH]c(=O)n3C)cc1. The molecule has 8 heteroatoms. The van der Waals surface area contributed by atoms with E-state index in [2.05, 4.69) is 9.97 Å². The summed E-state index contributed by atoms with van der Waals surface area (Å²) in [6.45, 7) is 2.50. The van der Waals surface area contributed by atoms with Crippen LogP contribution in [0, 0.1) is 6.92 Å². The Morgan fingerprint density at radius 3 is 2.55 bits per heavy atom. The number of aromatic nitrogens is 4. The van der Waals surface area contributed by atoms with Crippen molar-refractivity contribution in [3.8, 4) is 0 Å². The summed E-state index contributed by atoms with van der Waals surface area (Å²) in [4.78, 5) is 31.6. The number of benzene rings is 2. The quantitative estimate of drug-likeness (QED) is 0.493. The lowest BCUT2D eigenvalue weighted by Crippen LogP contribution is -2.29. The largest absolute Gasteiger partial charge is 0.329 e. The van der Waals surface area contributed by atoms with Gasteiger partial charge in [-0.3, -0.25) is 14.3 Å². The number of rotatable bonds is 5. The molecule has 0 aliphatic rings. The fraction of sp³-hybridized carbons (Fsp3) is 0.190. The van der Waals surface area contributed by atoms with Gasteiger partial charge in [0.05, 0.1) is 6.54 Å². The standard InChI is InChI=1S/C21H19ClN4O2S/c1-13-7-9-14(10-8-13)11-26-17-18(25(2)20(28)24-19(17)27)23-21(26)29-12-15-5-3-4-6-16(15)22/h3-10H,11-12H2,1-2H3,(H,24,27,28). The average molecular weight is 427 g/mol. The summed E-state index contributed by atoms with van der Waals surface area (Å²) in [5.74, 6) is 0.600. The van der Waals surface area contributed by atoms with Crippen LogP contribution in [0.2, 0.25) is 5.02 Å². The van der Waals surface area contributed by atoms with Gasteiger partial charge in [-0.05, 0) is 24.1 Å². The molecule has 0 aliphatic carbocycles. The molecule has 29 heavy (non-hydrogen) atoms. The topological polar surface area (TPSA) is 72.7 Å². The zero-order chi connectivity index (χ0) is 20.5. The van der Waals surface area contributed by atoms with Crippen LogP contribution in [0.25, 0.3) is 11.2 Å². The Morgan fingerprint density at radius 1 is 1.10 bits per heavy atom. The van der Waals surface area contributed by atoms with Gasteiger partial charge in [-0.25, -0.2) is 9.78 Å². The summed E-state index contributed by atoms with van der Waals surface area (Å²) in [7, 11) is 1.60. The van der Waals surface area contributed by atoms with E-state index in [0.717, 1.165) is 16.7 Å². The Hall–Kier alpha value is -2.77. The molecule has 0 radical (unpaired) electrons. The molecule has 2 heterocycles. The first kappa shape index (κ1) is 19.5. The van der Waals surface area contributed by atoms with E-state index in [9.17, 15) is 9.59 Å². The first-order chi connectivity index (χ1) is 13.9. The highest BCUT2D eigenvalue weighted by molar-refractivity contribution is 7.98. The van der Waals surface area contributed by atoms with E-state index in [1.165, 1.54) is 16.3 Å². The van der Waals surface area contributed by atoms with Crippen LogP contribution >= 0.6 is 23.4 Å². The highest BCUT2D eigenvalue weighted by atomic mass is 35.5. The lowest BCUT2D eigenvalue weighted by molar-refractivity contribution is 0.728. The number of nitrogens with one attached hydrogen (secondary N) is 1. The van der Waals surface area contributed by atoms with Crippen molar-refractivity contribution >= 4 is 34.5 Å². The molecule has 0 unspecified atom stereocenters. The summed E-state index contributed by atoms with van der Waals surface area (Å²) in [5, 5.41) is 1.35. The summed E-state index contributed by atoms with van der Waals surface area (Å²) in [6, 6.07) is 15.8. The number of aromatic amines is 1. The van der Waals surface area contributed by atoms with Crippen molar-refractivity contribution in [3.05, 3.63) is 91.1 Å². The first-order valence-corrected chi connectivity index (χ1v) is 10.4. The van der Waals surface area contributed by atoms with Crippen molar-refractivity contribution in [3.63, 3.8) is 0 Å². The molecule has 0 atom stereocenters. The number of thioether (sulfide) groups is 1. The van der Waals surface area contributed by atoms with E-state index >= 15 is 0 Å². The number of hydrogen-bond acceptors (Lipinski definition) is 4. The summed E-state index contributed by atoms with van der Waals surface area (Å²) >= 11 is 7.77. The molecular formula is C21H19ClN4O2S. The van der Waals surface area contributed by atoms with Crippen molar-refractivity contribution < 1.29 is 0 Å². The third-order valence-corrected chi connectivity index (χ3v) is 6.14. The Kier molecular flexibility index (Phi) is 5.34. The molecule has 1 N–H and O–H groups in total. The van der Waals surface area contributed by atoms with Crippen LogP contribution in [0.3, 0.4) is 0 Å². The lowest BCUT2D eigenvalue weighted by atomic mass is 10.1. The van der Waals surface area contributed by atoms with Crippen LogP contribution in [0.1, 0.15) is 16.7 Å². The molecule has 2 aromatic carbocycles. The van der Waals surface area contributed by atoms with Crippen LogP contribution in [-0.4, -0.2) is 19.1 Å². The first-order valence-electron chi connectivity index (χ1n) is 9.05. The summed E-state index contributed by atoms with van der Waals surface area (Å²) < 4.78 is 3.22. The third-order valence-electron chi connectivity index (χ3n) is 4.75. The minimum Gasteiger partial charge on any atom is -0.309 e. The number of aryl methyl sites for hydroxylation is 2. The molecule has 0 amide bonds. The van der Waals surface area contributed by atoms with Gasteiger partial charge in [0.2, 0.25) is 0 Å². The molecule has 148 valence electrons. The average Bonchev–Trinajstić information content (AvgIpc) is 3.06. The Labute approximate surface area is 176 Å². The van der Waals surface area contributed by atoms with E-state index in [-0.39, 0.29) is 0 Å². The van der Waals surface area contributed by atoms with Crippen molar-refractivity contribution in [2.45, 2.75) is 24.4 Å². The van der Waals surface area contributed by atoms with Gasteiger partial charge in [0.25, 0.3) is 5.56 Å². The van der Waals surface area contributed by atoms with Gasteiger partial charge < -0.3 is 4.57 Å². The van der Waals surface area contributed by atoms with Gasteiger partial charge in [0.15, 0.2) is 16.3 Å². The number of fused-ring (bicyclic) bond motifs is 1. The Bertz CT molecular complexity index is 1310. The number of halogens is 1. The van der Waals surface area contributed by atoms with Crippen LogP contribution in [0.4, 0.5) is 0 Å². The van der Waals surface area contributed by atoms with Crippen LogP contribution in [0.5, 0.6) is 0 Å². The lowest BCUT2D eigenvalue weighted by Gasteiger charge is -2.09. The second-order valence-electron chi connectivity index (χ2n) is 6.84. The molecule has 4 aromatic rings. The number of imidazole rings is 1. The minimum absolute atomic E-state index is 0.368. The maximum Gasteiger partial charge on any atom is 0.329 e. The van der Waals surface area contributed by atoms with Crippen LogP contribution in [-0.2, 0) is 19.3 Å². The minimum atomic E-state index is -0.481. The second-order valence-corrected chi connectivity index (χ2v) is 8.19. The molecule has 0 saturated heterocycles. The number of nitrogens with zero attached hydrogens (tertiary/aromatic N) is 3. The molecule has 0 fully saturated rings. The third kappa shape index (κ3) is 3.88. The molecule has 0 saturated carbocycles. The highest BCUT2D eigenvalue weighted by Crippen LogP contribution is 2.28. The van der Waals surface area contributed by atoms with Crippen LogP contribution < -0.4 is 11.2 Å².